The largest absolute Gasteiger partial charge is 0.465 e. The third-order valence-corrected chi connectivity index (χ3v) is 4.06. The van der Waals surface area contributed by atoms with Crippen molar-refractivity contribution in [1.29, 1.82) is 0 Å². The quantitative estimate of drug-likeness (QED) is 0.888. The molecule has 1 fully saturated rings. The Bertz CT molecular complexity index is 428. The van der Waals surface area contributed by atoms with Gasteiger partial charge in [0.15, 0.2) is 0 Å². The Hall–Kier alpha value is -1.51. The van der Waals surface area contributed by atoms with E-state index in [4.69, 9.17) is 0 Å². The molecule has 0 radical (unpaired) electrons. The van der Waals surface area contributed by atoms with Crippen LogP contribution in [0.25, 0.3) is 0 Å². The molecule has 2 rings (SSSR count). The molecule has 1 aromatic carbocycles. The molecule has 1 aliphatic rings. The van der Waals surface area contributed by atoms with Crippen molar-refractivity contribution < 1.29 is 9.90 Å². The molecule has 0 aromatic heterocycles. The highest BCUT2D eigenvalue weighted by Gasteiger charge is 2.33. The lowest BCUT2D eigenvalue weighted by atomic mass is 9.74. The monoisotopic (exact) mass is 261 g/mol. The van der Waals surface area contributed by atoms with Crippen molar-refractivity contribution in [2.24, 2.45) is 5.41 Å². The number of hydrogen-bond acceptors (Lipinski definition) is 1. The fourth-order valence-electron chi connectivity index (χ4n) is 3.06. The molecule has 1 saturated carbocycles. The predicted molar refractivity (Wildman–Crippen MR) is 76.0 cm³/mol. The topological polar surface area (TPSA) is 40.5 Å². The van der Waals surface area contributed by atoms with Crippen molar-refractivity contribution >= 4 is 6.09 Å². The molecule has 0 saturated heterocycles. The Balaban J connectivity index is 2.10. The van der Waals surface area contributed by atoms with E-state index in [1.54, 1.807) is 4.90 Å². The van der Waals surface area contributed by atoms with Crippen molar-refractivity contribution in [3.05, 3.63) is 35.9 Å². The van der Waals surface area contributed by atoms with Crippen molar-refractivity contribution in [3.63, 3.8) is 0 Å². The normalized spacial score (nSPS) is 21.9. The van der Waals surface area contributed by atoms with Gasteiger partial charge in [0.1, 0.15) is 0 Å². The van der Waals surface area contributed by atoms with Crippen LogP contribution in [0.15, 0.2) is 30.3 Å². The molecule has 3 nitrogen and oxygen atoms in total. The Morgan fingerprint density at radius 1 is 1.37 bits per heavy atom. The van der Waals surface area contributed by atoms with Gasteiger partial charge in [0.05, 0.1) is 0 Å². The second-order valence-electron chi connectivity index (χ2n) is 6.31. The van der Waals surface area contributed by atoms with Gasteiger partial charge in [0, 0.05) is 12.6 Å². The fourth-order valence-corrected chi connectivity index (χ4v) is 3.06. The van der Waals surface area contributed by atoms with Crippen LogP contribution in [0, 0.1) is 5.41 Å². The number of carbonyl (C=O) groups is 1. The summed E-state index contributed by atoms with van der Waals surface area (Å²) < 4.78 is 0. The van der Waals surface area contributed by atoms with Gasteiger partial charge >= 0.3 is 6.09 Å². The van der Waals surface area contributed by atoms with Gasteiger partial charge in [-0.25, -0.2) is 4.79 Å². The predicted octanol–water partition coefficient (Wildman–Crippen LogP) is 4.14. The summed E-state index contributed by atoms with van der Waals surface area (Å²) in [6.45, 7) is 4.97. The van der Waals surface area contributed by atoms with E-state index in [2.05, 4.69) is 13.8 Å². The average molecular weight is 261 g/mol. The summed E-state index contributed by atoms with van der Waals surface area (Å²) in [7, 11) is 0. The number of rotatable bonds is 3. The van der Waals surface area contributed by atoms with E-state index in [1.807, 2.05) is 30.3 Å². The minimum atomic E-state index is -0.799. The third-order valence-electron chi connectivity index (χ3n) is 4.06. The van der Waals surface area contributed by atoms with Crippen LogP contribution >= 0.6 is 0 Å². The summed E-state index contributed by atoms with van der Waals surface area (Å²) in [6, 6.07) is 10.0. The molecule has 1 aromatic rings. The molecule has 0 aliphatic heterocycles. The number of carboxylic acid groups (broad SMARTS) is 1. The molecule has 0 bridgehead atoms. The van der Waals surface area contributed by atoms with Crippen LogP contribution < -0.4 is 0 Å². The zero-order valence-electron chi connectivity index (χ0n) is 11.8. The van der Waals surface area contributed by atoms with Gasteiger partial charge in [-0.05, 0) is 30.2 Å². The van der Waals surface area contributed by atoms with E-state index in [0.29, 0.717) is 6.54 Å². The molecule has 1 amide bonds. The molecule has 0 heterocycles. The summed E-state index contributed by atoms with van der Waals surface area (Å²) in [4.78, 5) is 13.2. The molecule has 3 heteroatoms. The first kappa shape index (κ1) is 13.9. The van der Waals surface area contributed by atoms with Crippen LogP contribution in [0.4, 0.5) is 4.79 Å². The van der Waals surface area contributed by atoms with Gasteiger partial charge in [0.2, 0.25) is 0 Å². The van der Waals surface area contributed by atoms with E-state index < -0.39 is 6.09 Å². The first-order valence-corrected chi connectivity index (χ1v) is 7.01. The summed E-state index contributed by atoms with van der Waals surface area (Å²) in [5.41, 5.74) is 1.32. The van der Waals surface area contributed by atoms with E-state index in [9.17, 15) is 9.90 Å². The maximum absolute atomic E-state index is 11.5. The summed E-state index contributed by atoms with van der Waals surface area (Å²) in [6.07, 6.45) is 3.47. The molecule has 0 unspecified atom stereocenters. The molecule has 19 heavy (non-hydrogen) atoms. The summed E-state index contributed by atoms with van der Waals surface area (Å²) in [5.74, 6) is 0. The summed E-state index contributed by atoms with van der Waals surface area (Å²) >= 11 is 0. The lowest BCUT2D eigenvalue weighted by molar-refractivity contribution is 0.0777. The van der Waals surface area contributed by atoms with Gasteiger partial charge in [-0.3, -0.25) is 0 Å². The Morgan fingerprint density at radius 2 is 2.05 bits per heavy atom. The molecule has 1 N–H and O–H groups in total. The number of benzene rings is 1. The van der Waals surface area contributed by atoms with E-state index >= 15 is 0 Å². The van der Waals surface area contributed by atoms with Crippen LogP contribution in [0.5, 0.6) is 0 Å². The molecule has 1 atom stereocenters. The lowest BCUT2D eigenvalue weighted by Gasteiger charge is -2.40. The van der Waals surface area contributed by atoms with E-state index in [1.165, 1.54) is 6.42 Å². The minimum Gasteiger partial charge on any atom is -0.465 e. The molecule has 104 valence electrons. The SMILES string of the molecule is CC1(C)CCC[C@H](N(Cc2ccccc2)C(=O)O)C1. The Labute approximate surface area is 115 Å². The average Bonchev–Trinajstić information content (AvgIpc) is 2.35. The van der Waals surface area contributed by atoms with Crippen LogP contribution in [-0.2, 0) is 6.54 Å². The number of nitrogens with zero attached hydrogens (tertiary/aromatic N) is 1. The lowest BCUT2D eigenvalue weighted by Crippen LogP contribution is -2.43. The Kier molecular flexibility index (Phi) is 4.13. The standard InChI is InChI=1S/C16H23NO2/c1-16(2)10-6-9-14(11-16)17(15(18)19)12-13-7-4-3-5-8-13/h3-5,7-8,14H,6,9-12H2,1-2H3,(H,18,19)/t14-/m0/s1. The fraction of sp³-hybridized carbons (Fsp3) is 0.562. The van der Waals surface area contributed by atoms with Crippen molar-refractivity contribution in [2.75, 3.05) is 0 Å². The van der Waals surface area contributed by atoms with Gasteiger partial charge in [-0.15, -0.1) is 0 Å². The molecule has 0 spiro atoms. The van der Waals surface area contributed by atoms with Gasteiger partial charge < -0.3 is 10.0 Å². The minimum absolute atomic E-state index is 0.154. The summed E-state index contributed by atoms with van der Waals surface area (Å²) in [5, 5.41) is 9.48. The van der Waals surface area contributed by atoms with Gasteiger partial charge in [-0.1, -0.05) is 50.6 Å². The highest BCUT2D eigenvalue weighted by Crippen LogP contribution is 2.37. The second kappa shape index (κ2) is 5.64. The van der Waals surface area contributed by atoms with Crippen molar-refractivity contribution in [1.82, 2.24) is 4.90 Å². The highest BCUT2D eigenvalue weighted by molar-refractivity contribution is 5.65. The van der Waals surface area contributed by atoms with Crippen LogP contribution in [0.3, 0.4) is 0 Å². The second-order valence-corrected chi connectivity index (χ2v) is 6.31. The van der Waals surface area contributed by atoms with E-state index in [-0.39, 0.29) is 11.5 Å². The van der Waals surface area contributed by atoms with Crippen LogP contribution in [-0.4, -0.2) is 22.1 Å². The maximum Gasteiger partial charge on any atom is 0.407 e. The highest BCUT2D eigenvalue weighted by atomic mass is 16.4. The van der Waals surface area contributed by atoms with Crippen molar-refractivity contribution in [2.45, 2.75) is 52.1 Å². The van der Waals surface area contributed by atoms with Gasteiger partial charge in [-0.2, -0.15) is 0 Å². The smallest absolute Gasteiger partial charge is 0.407 e. The third kappa shape index (κ3) is 3.72. The van der Waals surface area contributed by atoms with E-state index in [0.717, 1.165) is 24.8 Å². The molecule has 1 aliphatic carbocycles. The molecular formula is C16H23NO2. The van der Waals surface area contributed by atoms with Gasteiger partial charge in [0.25, 0.3) is 0 Å². The zero-order chi connectivity index (χ0) is 13.9. The Morgan fingerprint density at radius 3 is 2.63 bits per heavy atom. The van der Waals surface area contributed by atoms with Crippen LogP contribution in [0.2, 0.25) is 0 Å². The van der Waals surface area contributed by atoms with Crippen molar-refractivity contribution in [3.8, 4) is 0 Å². The molecular weight excluding hydrogens is 238 g/mol. The van der Waals surface area contributed by atoms with Crippen LogP contribution in [0.1, 0.15) is 45.1 Å². The first-order chi connectivity index (χ1) is 8.98. The maximum atomic E-state index is 11.5. The first-order valence-electron chi connectivity index (χ1n) is 7.01. The number of amides is 1. The zero-order valence-corrected chi connectivity index (χ0v) is 11.8. The number of hydrogen-bond donors (Lipinski definition) is 1.